The van der Waals surface area contributed by atoms with Gasteiger partial charge in [0.05, 0.1) is 18.5 Å². The van der Waals surface area contributed by atoms with Crippen molar-refractivity contribution in [3.63, 3.8) is 0 Å². The molecule has 0 saturated heterocycles. The topological polar surface area (TPSA) is 71.1 Å². The van der Waals surface area contributed by atoms with E-state index in [4.69, 9.17) is 0 Å². The van der Waals surface area contributed by atoms with Gasteiger partial charge in [0.15, 0.2) is 0 Å². The Bertz CT molecular complexity index is 644. The lowest BCUT2D eigenvalue weighted by molar-refractivity contribution is -0.123. The summed E-state index contributed by atoms with van der Waals surface area (Å²) in [6.07, 6.45) is 3.59. The van der Waals surface area contributed by atoms with Crippen molar-refractivity contribution in [2.75, 3.05) is 0 Å². The fourth-order valence-corrected chi connectivity index (χ4v) is 2.40. The Labute approximate surface area is 136 Å². The predicted octanol–water partition coefficient (Wildman–Crippen LogP) is 2.53. The van der Waals surface area contributed by atoms with Gasteiger partial charge in [-0.25, -0.2) is 0 Å². The van der Waals surface area contributed by atoms with Gasteiger partial charge >= 0.3 is 0 Å². The Balaban J connectivity index is 2.01. The number of nitrogens with zero attached hydrogens (tertiary/aromatic N) is 1. The lowest BCUT2D eigenvalue weighted by atomic mass is 10.0. The molecule has 2 aromatic rings. The first-order valence-electron chi connectivity index (χ1n) is 7.57. The molecule has 2 atom stereocenters. The van der Waals surface area contributed by atoms with Gasteiger partial charge in [0.1, 0.15) is 0 Å². The van der Waals surface area contributed by atoms with Crippen molar-refractivity contribution in [3.05, 3.63) is 66.0 Å². The van der Waals surface area contributed by atoms with Gasteiger partial charge in [-0.1, -0.05) is 30.3 Å². The molecule has 2 unspecified atom stereocenters. The van der Waals surface area contributed by atoms with Gasteiger partial charge in [-0.15, -0.1) is 0 Å². The van der Waals surface area contributed by atoms with Crippen LogP contribution in [0.5, 0.6) is 0 Å². The van der Waals surface area contributed by atoms with Crippen molar-refractivity contribution >= 4 is 11.8 Å². The molecule has 120 valence electrons. The summed E-state index contributed by atoms with van der Waals surface area (Å²) < 4.78 is 0. The Hall–Kier alpha value is -2.69. The lowest BCUT2D eigenvalue weighted by Gasteiger charge is -2.20. The maximum atomic E-state index is 12.3. The molecule has 23 heavy (non-hydrogen) atoms. The molecule has 1 heterocycles. The zero-order chi connectivity index (χ0) is 16.7. The molecule has 0 aliphatic carbocycles. The first-order valence-corrected chi connectivity index (χ1v) is 7.57. The Morgan fingerprint density at radius 2 is 1.65 bits per heavy atom. The minimum atomic E-state index is -0.335. The predicted molar refractivity (Wildman–Crippen MR) is 88.4 cm³/mol. The SMILES string of the molecule is CC(=O)NC(CC(=O)NC(C)c1ccncc1)c1ccccc1. The van der Waals surface area contributed by atoms with Gasteiger partial charge in [0, 0.05) is 19.3 Å². The highest BCUT2D eigenvalue weighted by molar-refractivity contribution is 5.79. The summed E-state index contributed by atoms with van der Waals surface area (Å²) >= 11 is 0. The maximum absolute atomic E-state index is 12.3. The molecule has 2 N–H and O–H groups in total. The third kappa shape index (κ3) is 5.21. The van der Waals surface area contributed by atoms with Crippen molar-refractivity contribution in [3.8, 4) is 0 Å². The molecule has 1 aromatic carbocycles. The number of carbonyl (C=O) groups is 2. The monoisotopic (exact) mass is 311 g/mol. The van der Waals surface area contributed by atoms with Gasteiger partial charge < -0.3 is 10.6 Å². The average Bonchev–Trinajstić information content (AvgIpc) is 2.55. The van der Waals surface area contributed by atoms with Crippen LogP contribution in [0.3, 0.4) is 0 Å². The number of nitrogens with one attached hydrogen (secondary N) is 2. The van der Waals surface area contributed by atoms with E-state index in [1.165, 1.54) is 6.92 Å². The van der Waals surface area contributed by atoms with Crippen molar-refractivity contribution in [1.82, 2.24) is 15.6 Å². The summed E-state index contributed by atoms with van der Waals surface area (Å²) in [4.78, 5) is 27.7. The number of hydrogen-bond acceptors (Lipinski definition) is 3. The summed E-state index contributed by atoms with van der Waals surface area (Å²) in [6.45, 7) is 3.37. The van der Waals surface area contributed by atoms with E-state index in [0.29, 0.717) is 0 Å². The molecular formula is C18H21N3O2. The minimum absolute atomic E-state index is 0.112. The Morgan fingerprint density at radius 3 is 2.26 bits per heavy atom. The summed E-state index contributed by atoms with van der Waals surface area (Å²) in [7, 11) is 0. The van der Waals surface area contributed by atoms with E-state index in [0.717, 1.165) is 11.1 Å². The molecule has 0 spiro atoms. The van der Waals surface area contributed by atoms with Crippen LogP contribution in [-0.2, 0) is 9.59 Å². The molecule has 5 nitrogen and oxygen atoms in total. The molecule has 0 saturated carbocycles. The van der Waals surface area contributed by atoms with Crippen LogP contribution in [0.25, 0.3) is 0 Å². The zero-order valence-corrected chi connectivity index (χ0v) is 13.3. The van der Waals surface area contributed by atoms with E-state index in [1.54, 1.807) is 12.4 Å². The number of amides is 2. The summed E-state index contributed by atoms with van der Waals surface area (Å²) in [5.41, 5.74) is 1.90. The maximum Gasteiger partial charge on any atom is 0.222 e. The van der Waals surface area contributed by atoms with Gasteiger partial charge in [-0.05, 0) is 30.2 Å². The number of carbonyl (C=O) groups excluding carboxylic acids is 2. The van der Waals surface area contributed by atoms with Crippen molar-refractivity contribution < 1.29 is 9.59 Å². The van der Waals surface area contributed by atoms with Gasteiger partial charge in [-0.3, -0.25) is 14.6 Å². The molecule has 0 fully saturated rings. The van der Waals surface area contributed by atoms with Crippen LogP contribution in [0.15, 0.2) is 54.9 Å². The second-order valence-corrected chi connectivity index (χ2v) is 5.44. The second kappa shape index (κ2) is 8.08. The van der Waals surface area contributed by atoms with Crippen molar-refractivity contribution in [1.29, 1.82) is 0 Å². The highest BCUT2D eigenvalue weighted by Gasteiger charge is 2.18. The molecule has 0 bridgehead atoms. The number of hydrogen-bond donors (Lipinski definition) is 2. The minimum Gasteiger partial charge on any atom is -0.350 e. The molecule has 0 radical (unpaired) electrons. The second-order valence-electron chi connectivity index (χ2n) is 5.44. The Kier molecular flexibility index (Phi) is 5.86. The van der Waals surface area contributed by atoms with Gasteiger partial charge in [-0.2, -0.15) is 0 Å². The number of rotatable bonds is 6. The fourth-order valence-electron chi connectivity index (χ4n) is 2.40. The third-order valence-electron chi connectivity index (χ3n) is 3.55. The quantitative estimate of drug-likeness (QED) is 0.861. The highest BCUT2D eigenvalue weighted by atomic mass is 16.2. The fraction of sp³-hybridized carbons (Fsp3) is 0.278. The molecule has 5 heteroatoms. The van der Waals surface area contributed by atoms with E-state index in [9.17, 15) is 9.59 Å². The molecule has 2 amide bonds. The van der Waals surface area contributed by atoms with E-state index in [2.05, 4.69) is 15.6 Å². The molecular weight excluding hydrogens is 290 g/mol. The van der Waals surface area contributed by atoms with Crippen LogP contribution in [-0.4, -0.2) is 16.8 Å². The normalized spacial score (nSPS) is 13.0. The van der Waals surface area contributed by atoms with E-state index in [1.807, 2.05) is 49.4 Å². The van der Waals surface area contributed by atoms with Crippen molar-refractivity contribution in [2.24, 2.45) is 0 Å². The van der Waals surface area contributed by atoms with E-state index < -0.39 is 0 Å². The standard InChI is InChI=1S/C18H21N3O2/c1-13(15-8-10-19-11-9-15)20-18(23)12-17(21-14(2)22)16-6-4-3-5-7-16/h3-11,13,17H,12H2,1-2H3,(H,20,23)(H,21,22). The molecule has 1 aromatic heterocycles. The lowest BCUT2D eigenvalue weighted by Crippen LogP contribution is -2.33. The molecule has 2 rings (SSSR count). The summed E-state index contributed by atoms with van der Waals surface area (Å²) in [5, 5.41) is 5.78. The van der Waals surface area contributed by atoms with Gasteiger partial charge in [0.2, 0.25) is 11.8 Å². The zero-order valence-electron chi connectivity index (χ0n) is 13.3. The highest BCUT2D eigenvalue weighted by Crippen LogP contribution is 2.18. The Morgan fingerprint density at radius 1 is 1.00 bits per heavy atom. The van der Waals surface area contributed by atoms with Crippen LogP contribution in [0.1, 0.15) is 43.5 Å². The molecule has 0 aliphatic rings. The van der Waals surface area contributed by atoms with E-state index in [-0.39, 0.29) is 30.3 Å². The van der Waals surface area contributed by atoms with E-state index >= 15 is 0 Å². The van der Waals surface area contributed by atoms with Crippen LogP contribution in [0.2, 0.25) is 0 Å². The molecule has 0 aliphatic heterocycles. The van der Waals surface area contributed by atoms with Crippen molar-refractivity contribution in [2.45, 2.75) is 32.4 Å². The number of pyridine rings is 1. The van der Waals surface area contributed by atoms with Crippen LogP contribution in [0.4, 0.5) is 0 Å². The van der Waals surface area contributed by atoms with Gasteiger partial charge in [0.25, 0.3) is 0 Å². The number of benzene rings is 1. The number of aromatic nitrogens is 1. The summed E-state index contributed by atoms with van der Waals surface area (Å²) in [5.74, 6) is -0.272. The average molecular weight is 311 g/mol. The summed E-state index contributed by atoms with van der Waals surface area (Å²) in [6, 6.07) is 12.8. The smallest absolute Gasteiger partial charge is 0.222 e. The van der Waals surface area contributed by atoms with Crippen LogP contribution < -0.4 is 10.6 Å². The third-order valence-corrected chi connectivity index (χ3v) is 3.55. The van der Waals surface area contributed by atoms with Crippen LogP contribution >= 0.6 is 0 Å². The first-order chi connectivity index (χ1) is 11.1. The van der Waals surface area contributed by atoms with Crippen LogP contribution in [0, 0.1) is 0 Å². The first kappa shape index (κ1) is 16.7. The largest absolute Gasteiger partial charge is 0.350 e.